The molecule has 1 heterocycles. The van der Waals surface area contributed by atoms with Crippen LogP contribution in [0.5, 0.6) is 11.5 Å². The van der Waals surface area contributed by atoms with E-state index >= 15 is 0 Å². The Kier molecular flexibility index (Phi) is 8.03. The maximum Gasteiger partial charge on any atom is 0.573 e. The first kappa shape index (κ1) is 24.6. The SMILES string of the molecule is COc1ccccc1C(=O)NC(CCSC)C(=O)Nc1nc2ccc(OC(F)(F)F)cc2s1. The average Bonchev–Trinajstić information content (AvgIpc) is 3.16. The molecule has 0 saturated carbocycles. The van der Waals surface area contributed by atoms with Crippen LogP contribution in [0.4, 0.5) is 18.3 Å². The molecule has 12 heteroatoms. The summed E-state index contributed by atoms with van der Waals surface area (Å²) in [7, 11) is 1.45. The minimum absolute atomic E-state index is 0.194. The average molecular weight is 500 g/mol. The van der Waals surface area contributed by atoms with Gasteiger partial charge in [0.15, 0.2) is 5.13 Å². The molecule has 0 radical (unpaired) electrons. The van der Waals surface area contributed by atoms with E-state index in [4.69, 9.17) is 4.74 Å². The Morgan fingerprint density at radius 3 is 2.67 bits per heavy atom. The van der Waals surface area contributed by atoms with Gasteiger partial charge in [0.05, 0.1) is 22.9 Å². The van der Waals surface area contributed by atoms with Crippen LogP contribution in [0.3, 0.4) is 0 Å². The maximum atomic E-state index is 12.9. The van der Waals surface area contributed by atoms with Crippen LogP contribution >= 0.6 is 23.1 Å². The van der Waals surface area contributed by atoms with Crippen molar-refractivity contribution in [3.8, 4) is 11.5 Å². The van der Waals surface area contributed by atoms with Crippen LogP contribution in [-0.4, -0.2) is 48.3 Å². The number of benzene rings is 2. The van der Waals surface area contributed by atoms with E-state index in [1.807, 2.05) is 6.26 Å². The van der Waals surface area contributed by atoms with Gasteiger partial charge in [-0.15, -0.1) is 13.2 Å². The third kappa shape index (κ3) is 6.75. The summed E-state index contributed by atoms with van der Waals surface area (Å²) in [5.74, 6) is -0.340. The topological polar surface area (TPSA) is 89.5 Å². The van der Waals surface area contributed by atoms with Gasteiger partial charge in [-0.05, 0) is 42.7 Å². The van der Waals surface area contributed by atoms with E-state index in [1.165, 1.54) is 31.0 Å². The van der Waals surface area contributed by atoms with Gasteiger partial charge in [0.25, 0.3) is 5.91 Å². The lowest BCUT2D eigenvalue weighted by Gasteiger charge is -2.18. The number of thioether (sulfide) groups is 1. The lowest BCUT2D eigenvalue weighted by molar-refractivity contribution is -0.274. The normalized spacial score (nSPS) is 12.3. The van der Waals surface area contributed by atoms with Crippen molar-refractivity contribution < 1.29 is 32.2 Å². The molecule has 3 aromatic rings. The fourth-order valence-electron chi connectivity index (χ4n) is 2.92. The molecular weight excluding hydrogens is 479 g/mol. The third-order valence-corrected chi connectivity index (χ3v) is 5.99. The summed E-state index contributed by atoms with van der Waals surface area (Å²) in [6.07, 6.45) is -2.56. The molecule has 0 aliphatic rings. The highest BCUT2D eigenvalue weighted by molar-refractivity contribution is 7.98. The number of fused-ring (bicyclic) bond motifs is 1. The van der Waals surface area contributed by atoms with Gasteiger partial charge in [0.2, 0.25) is 5.91 Å². The predicted molar refractivity (Wildman–Crippen MR) is 122 cm³/mol. The molecule has 176 valence electrons. The zero-order chi connectivity index (χ0) is 24.0. The molecule has 2 amide bonds. The number of alkyl halides is 3. The summed E-state index contributed by atoms with van der Waals surface area (Å²) in [4.78, 5) is 29.9. The first-order valence-electron chi connectivity index (χ1n) is 9.60. The van der Waals surface area contributed by atoms with Crippen LogP contribution in [0.2, 0.25) is 0 Å². The Hall–Kier alpha value is -2.99. The van der Waals surface area contributed by atoms with Gasteiger partial charge >= 0.3 is 6.36 Å². The number of nitrogens with zero attached hydrogens (tertiary/aromatic N) is 1. The number of hydrogen-bond acceptors (Lipinski definition) is 7. The summed E-state index contributed by atoms with van der Waals surface area (Å²) in [6.45, 7) is 0. The van der Waals surface area contributed by atoms with Gasteiger partial charge < -0.3 is 20.1 Å². The van der Waals surface area contributed by atoms with Crippen molar-refractivity contribution in [1.29, 1.82) is 0 Å². The second-order valence-electron chi connectivity index (χ2n) is 6.69. The maximum absolute atomic E-state index is 12.9. The minimum Gasteiger partial charge on any atom is -0.496 e. The molecule has 3 rings (SSSR count). The van der Waals surface area contributed by atoms with Gasteiger partial charge in [0, 0.05) is 6.07 Å². The number of rotatable bonds is 9. The Bertz CT molecular complexity index is 1140. The number of thiazole rings is 1. The fourth-order valence-corrected chi connectivity index (χ4v) is 4.29. The van der Waals surface area contributed by atoms with E-state index in [-0.39, 0.29) is 10.9 Å². The quantitative estimate of drug-likeness (QED) is 0.444. The van der Waals surface area contributed by atoms with E-state index in [0.717, 1.165) is 17.4 Å². The van der Waals surface area contributed by atoms with Gasteiger partial charge in [-0.3, -0.25) is 9.59 Å². The number of amides is 2. The highest BCUT2D eigenvalue weighted by Crippen LogP contribution is 2.31. The Morgan fingerprint density at radius 2 is 1.97 bits per heavy atom. The highest BCUT2D eigenvalue weighted by atomic mass is 32.2. The molecular formula is C21H20F3N3O4S2. The minimum atomic E-state index is -4.81. The summed E-state index contributed by atoms with van der Waals surface area (Å²) in [6, 6.07) is 9.51. The van der Waals surface area contributed by atoms with Crippen LogP contribution in [0.15, 0.2) is 42.5 Å². The Labute approximate surface area is 195 Å². The van der Waals surface area contributed by atoms with Gasteiger partial charge in [-0.1, -0.05) is 23.5 Å². The largest absolute Gasteiger partial charge is 0.573 e. The molecule has 0 aliphatic carbocycles. The van der Waals surface area contributed by atoms with Crippen LogP contribution < -0.4 is 20.1 Å². The molecule has 1 unspecified atom stereocenters. The highest BCUT2D eigenvalue weighted by Gasteiger charge is 2.31. The van der Waals surface area contributed by atoms with E-state index in [1.54, 1.807) is 24.3 Å². The molecule has 1 atom stereocenters. The number of methoxy groups -OCH3 is 1. The van der Waals surface area contributed by atoms with E-state index in [9.17, 15) is 22.8 Å². The molecule has 0 fully saturated rings. The van der Waals surface area contributed by atoms with Gasteiger partial charge in [-0.2, -0.15) is 11.8 Å². The Balaban J connectivity index is 1.75. The number of para-hydroxylation sites is 1. The molecule has 1 aromatic heterocycles. The zero-order valence-electron chi connectivity index (χ0n) is 17.6. The number of halogens is 3. The number of carbonyl (C=O) groups excluding carboxylic acids is 2. The molecule has 0 spiro atoms. The van der Waals surface area contributed by atoms with Crippen molar-refractivity contribution in [3.05, 3.63) is 48.0 Å². The van der Waals surface area contributed by atoms with Crippen LogP contribution in [-0.2, 0) is 4.79 Å². The summed E-state index contributed by atoms with van der Waals surface area (Å²) in [5.41, 5.74) is 0.697. The predicted octanol–water partition coefficient (Wildman–Crippen LogP) is 4.69. The third-order valence-electron chi connectivity index (χ3n) is 4.41. The summed E-state index contributed by atoms with van der Waals surface area (Å²) >= 11 is 2.52. The van der Waals surface area contributed by atoms with Crippen molar-refractivity contribution in [2.24, 2.45) is 0 Å². The second kappa shape index (κ2) is 10.8. The monoisotopic (exact) mass is 499 g/mol. The lowest BCUT2D eigenvalue weighted by atomic mass is 10.1. The number of aromatic nitrogens is 1. The molecule has 2 N–H and O–H groups in total. The van der Waals surface area contributed by atoms with Gasteiger partial charge in [-0.25, -0.2) is 4.98 Å². The van der Waals surface area contributed by atoms with Gasteiger partial charge in [0.1, 0.15) is 17.5 Å². The smallest absolute Gasteiger partial charge is 0.496 e. The van der Waals surface area contributed by atoms with Crippen molar-refractivity contribution in [2.75, 3.05) is 24.4 Å². The van der Waals surface area contributed by atoms with E-state index in [2.05, 4.69) is 20.4 Å². The number of hydrogen-bond donors (Lipinski definition) is 2. The molecule has 7 nitrogen and oxygen atoms in total. The number of ether oxygens (including phenoxy) is 2. The molecule has 0 bridgehead atoms. The first-order valence-corrected chi connectivity index (χ1v) is 11.8. The number of carbonyl (C=O) groups is 2. The molecule has 2 aromatic carbocycles. The number of nitrogens with one attached hydrogen (secondary N) is 2. The van der Waals surface area contributed by atoms with Crippen molar-refractivity contribution in [2.45, 2.75) is 18.8 Å². The van der Waals surface area contributed by atoms with Crippen molar-refractivity contribution in [3.63, 3.8) is 0 Å². The second-order valence-corrected chi connectivity index (χ2v) is 8.71. The molecule has 0 aliphatic heterocycles. The van der Waals surface area contributed by atoms with Crippen LogP contribution in [0.25, 0.3) is 10.2 Å². The first-order chi connectivity index (χ1) is 15.7. The van der Waals surface area contributed by atoms with Crippen LogP contribution in [0.1, 0.15) is 16.8 Å². The Morgan fingerprint density at radius 1 is 1.21 bits per heavy atom. The summed E-state index contributed by atoms with van der Waals surface area (Å²) in [5, 5.41) is 5.56. The standard InChI is InChI=1S/C21H20F3N3O4S2/c1-30-16-6-4-3-5-13(16)18(28)25-15(9-10-32-2)19(29)27-20-26-14-8-7-12(11-17(14)33-20)31-21(22,23)24/h3-8,11,15H,9-10H2,1-2H3,(H,25,28)(H,26,27,29). The number of anilines is 1. The van der Waals surface area contributed by atoms with Crippen molar-refractivity contribution >= 4 is 50.3 Å². The van der Waals surface area contributed by atoms with Crippen molar-refractivity contribution in [1.82, 2.24) is 10.3 Å². The molecule has 33 heavy (non-hydrogen) atoms. The fraction of sp³-hybridized carbons (Fsp3) is 0.286. The summed E-state index contributed by atoms with van der Waals surface area (Å²) < 4.78 is 46.9. The van der Waals surface area contributed by atoms with E-state index < -0.39 is 24.2 Å². The lowest BCUT2D eigenvalue weighted by Crippen LogP contribution is -2.44. The zero-order valence-corrected chi connectivity index (χ0v) is 19.2. The van der Waals surface area contributed by atoms with E-state index in [0.29, 0.717) is 33.7 Å². The van der Waals surface area contributed by atoms with Crippen LogP contribution in [0, 0.1) is 0 Å². The molecule has 0 saturated heterocycles.